The first-order valence-corrected chi connectivity index (χ1v) is 6.92. The van der Waals surface area contributed by atoms with Gasteiger partial charge in [-0.05, 0) is 61.7 Å². The summed E-state index contributed by atoms with van der Waals surface area (Å²) in [4.78, 5) is 0. The van der Waals surface area contributed by atoms with E-state index in [-0.39, 0.29) is 6.04 Å². The Bertz CT molecular complexity index is 590. The molecule has 0 aliphatic heterocycles. The van der Waals surface area contributed by atoms with Crippen LogP contribution in [0.4, 0.5) is 0 Å². The SMILES string of the molecule is CNC(c1ccc(C)c(C)c1)c1cccc(Cl)c1C. The van der Waals surface area contributed by atoms with Crippen molar-refractivity contribution in [2.75, 3.05) is 7.05 Å². The van der Waals surface area contributed by atoms with Crippen molar-refractivity contribution in [1.29, 1.82) is 0 Å². The van der Waals surface area contributed by atoms with Crippen molar-refractivity contribution in [3.63, 3.8) is 0 Å². The van der Waals surface area contributed by atoms with Crippen LogP contribution in [0.25, 0.3) is 0 Å². The van der Waals surface area contributed by atoms with Crippen molar-refractivity contribution < 1.29 is 0 Å². The molecule has 1 atom stereocenters. The second-order valence-electron chi connectivity index (χ2n) is 5.02. The van der Waals surface area contributed by atoms with E-state index in [4.69, 9.17) is 11.6 Å². The second-order valence-corrected chi connectivity index (χ2v) is 5.43. The summed E-state index contributed by atoms with van der Waals surface area (Å²) in [6.07, 6.45) is 0. The van der Waals surface area contributed by atoms with Crippen molar-refractivity contribution in [3.8, 4) is 0 Å². The number of nitrogens with one attached hydrogen (secondary N) is 1. The van der Waals surface area contributed by atoms with Crippen LogP contribution in [0.1, 0.15) is 33.9 Å². The highest BCUT2D eigenvalue weighted by Crippen LogP contribution is 2.29. The van der Waals surface area contributed by atoms with Gasteiger partial charge in [-0.2, -0.15) is 0 Å². The van der Waals surface area contributed by atoms with Gasteiger partial charge in [0.15, 0.2) is 0 Å². The summed E-state index contributed by atoms with van der Waals surface area (Å²) in [6.45, 7) is 6.36. The maximum absolute atomic E-state index is 6.23. The Balaban J connectivity index is 2.50. The normalized spacial score (nSPS) is 12.5. The van der Waals surface area contributed by atoms with E-state index in [0.717, 1.165) is 10.6 Å². The summed E-state index contributed by atoms with van der Waals surface area (Å²) in [5, 5.41) is 4.21. The minimum atomic E-state index is 0.179. The molecule has 2 heteroatoms. The maximum atomic E-state index is 6.23. The van der Waals surface area contributed by atoms with Gasteiger partial charge in [0.05, 0.1) is 6.04 Å². The molecular weight excluding hydrogens is 254 g/mol. The number of halogens is 1. The predicted molar refractivity (Wildman–Crippen MR) is 83.0 cm³/mol. The van der Waals surface area contributed by atoms with Gasteiger partial charge in [-0.15, -0.1) is 0 Å². The summed E-state index contributed by atoms with van der Waals surface area (Å²) in [5.41, 5.74) is 6.29. The summed E-state index contributed by atoms with van der Waals surface area (Å²) in [6, 6.07) is 12.9. The topological polar surface area (TPSA) is 12.0 Å². The summed E-state index contributed by atoms with van der Waals surface area (Å²) < 4.78 is 0. The van der Waals surface area contributed by atoms with Gasteiger partial charge in [-0.25, -0.2) is 0 Å². The fourth-order valence-electron chi connectivity index (χ4n) is 2.38. The quantitative estimate of drug-likeness (QED) is 0.863. The highest BCUT2D eigenvalue weighted by molar-refractivity contribution is 6.31. The molecule has 0 saturated heterocycles. The Morgan fingerprint density at radius 3 is 2.37 bits per heavy atom. The van der Waals surface area contributed by atoms with Crippen LogP contribution in [0.3, 0.4) is 0 Å². The fraction of sp³-hybridized carbons (Fsp3) is 0.294. The third-order valence-corrected chi connectivity index (χ3v) is 4.18. The van der Waals surface area contributed by atoms with Crippen LogP contribution >= 0.6 is 11.6 Å². The lowest BCUT2D eigenvalue weighted by molar-refractivity contribution is 0.687. The average molecular weight is 274 g/mol. The van der Waals surface area contributed by atoms with E-state index < -0.39 is 0 Å². The Kier molecular flexibility index (Phi) is 4.28. The Morgan fingerprint density at radius 1 is 1.00 bits per heavy atom. The van der Waals surface area contributed by atoms with E-state index in [2.05, 4.69) is 50.4 Å². The van der Waals surface area contributed by atoms with Gasteiger partial charge < -0.3 is 5.32 Å². The number of hydrogen-bond acceptors (Lipinski definition) is 1. The zero-order chi connectivity index (χ0) is 14.0. The number of benzene rings is 2. The van der Waals surface area contributed by atoms with Gasteiger partial charge in [0.25, 0.3) is 0 Å². The molecule has 0 aliphatic rings. The van der Waals surface area contributed by atoms with E-state index in [1.807, 2.05) is 19.2 Å². The summed E-state index contributed by atoms with van der Waals surface area (Å²) in [7, 11) is 1.99. The lowest BCUT2D eigenvalue weighted by Gasteiger charge is -2.21. The zero-order valence-corrected chi connectivity index (χ0v) is 12.7. The standard InChI is InChI=1S/C17H20ClN/c1-11-8-9-14(10-12(11)2)17(19-4)15-6-5-7-16(18)13(15)3/h5-10,17,19H,1-4H3. The monoisotopic (exact) mass is 273 g/mol. The average Bonchev–Trinajstić information content (AvgIpc) is 2.39. The van der Waals surface area contributed by atoms with E-state index >= 15 is 0 Å². The Morgan fingerprint density at radius 2 is 1.74 bits per heavy atom. The third-order valence-electron chi connectivity index (χ3n) is 3.77. The van der Waals surface area contributed by atoms with Crippen LogP contribution in [0.5, 0.6) is 0 Å². The molecular formula is C17H20ClN. The Labute approximate surface area is 120 Å². The molecule has 0 radical (unpaired) electrons. The van der Waals surface area contributed by atoms with Crippen molar-refractivity contribution >= 4 is 11.6 Å². The second kappa shape index (κ2) is 5.77. The molecule has 0 aromatic heterocycles. The molecule has 0 aliphatic carbocycles. The molecule has 19 heavy (non-hydrogen) atoms. The van der Waals surface area contributed by atoms with Gasteiger partial charge >= 0.3 is 0 Å². The van der Waals surface area contributed by atoms with Gasteiger partial charge in [-0.1, -0.05) is 41.9 Å². The molecule has 0 saturated carbocycles. The first-order valence-electron chi connectivity index (χ1n) is 6.54. The number of aryl methyl sites for hydroxylation is 2. The molecule has 100 valence electrons. The Hall–Kier alpha value is -1.31. The smallest absolute Gasteiger partial charge is 0.0577 e. The highest BCUT2D eigenvalue weighted by Gasteiger charge is 2.15. The fourth-order valence-corrected chi connectivity index (χ4v) is 2.56. The predicted octanol–water partition coefficient (Wildman–Crippen LogP) is 4.57. The number of hydrogen-bond donors (Lipinski definition) is 1. The maximum Gasteiger partial charge on any atom is 0.0577 e. The molecule has 1 N–H and O–H groups in total. The zero-order valence-electron chi connectivity index (χ0n) is 11.9. The lowest BCUT2D eigenvalue weighted by Crippen LogP contribution is -2.19. The van der Waals surface area contributed by atoms with Gasteiger partial charge in [0, 0.05) is 5.02 Å². The molecule has 2 rings (SSSR count). The van der Waals surface area contributed by atoms with Crippen LogP contribution in [0.15, 0.2) is 36.4 Å². The molecule has 1 unspecified atom stereocenters. The van der Waals surface area contributed by atoms with E-state index in [1.54, 1.807) is 0 Å². The molecule has 2 aromatic carbocycles. The lowest BCUT2D eigenvalue weighted by atomic mass is 9.93. The molecule has 1 nitrogen and oxygen atoms in total. The van der Waals surface area contributed by atoms with Crippen molar-refractivity contribution in [2.45, 2.75) is 26.8 Å². The van der Waals surface area contributed by atoms with E-state index in [9.17, 15) is 0 Å². The van der Waals surface area contributed by atoms with Crippen molar-refractivity contribution in [2.24, 2.45) is 0 Å². The first-order chi connectivity index (χ1) is 9.04. The highest BCUT2D eigenvalue weighted by atomic mass is 35.5. The molecule has 2 aromatic rings. The van der Waals surface area contributed by atoms with Gasteiger partial charge in [0.2, 0.25) is 0 Å². The van der Waals surface area contributed by atoms with E-state index in [0.29, 0.717) is 0 Å². The van der Waals surface area contributed by atoms with Crippen molar-refractivity contribution in [3.05, 3.63) is 69.2 Å². The minimum absolute atomic E-state index is 0.179. The molecule has 0 heterocycles. The van der Waals surface area contributed by atoms with Gasteiger partial charge in [0.1, 0.15) is 0 Å². The van der Waals surface area contributed by atoms with Crippen LogP contribution in [-0.4, -0.2) is 7.05 Å². The molecule has 0 fully saturated rings. The van der Waals surface area contributed by atoms with Gasteiger partial charge in [-0.3, -0.25) is 0 Å². The first kappa shape index (κ1) is 14.1. The molecule has 0 bridgehead atoms. The minimum Gasteiger partial charge on any atom is -0.309 e. The van der Waals surface area contributed by atoms with E-state index in [1.165, 1.54) is 22.3 Å². The number of rotatable bonds is 3. The summed E-state index contributed by atoms with van der Waals surface area (Å²) in [5.74, 6) is 0. The van der Waals surface area contributed by atoms with Crippen LogP contribution in [-0.2, 0) is 0 Å². The largest absolute Gasteiger partial charge is 0.309 e. The van der Waals surface area contributed by atoms with Crippen molar-refractivity contribution in [1.82, 2.24) is 5.32 Å². The molecule has 0 spiro atoms. The summed E-state index contributed by atoms with van der Waals surface area (Å²) >= 11 is 6.23. The molecule has 0 amide bonds. The van der Waals surface area contributed by atoms with Crippen LogP contribution in [0, 0.1) is 20.8 Å². The third kappa shape index (κ3) is 2.83. The van der Waals surface area contributed by atoms with Crippen LogP contribution < -0.4 is 5.32 Å². The van der Waals surface area contributed by atoms with Crippen LogP contribution in [0.2, 0.25) is 5.02 Å².